The molecule has 0 radical (unpaired) electrons. The third-order valence-electron chi connectivity index (χ3n) is 5.85. The van der Waals surface area contributed by atoms with E-state index in [-0.39, 0.29) is 6.61 Å². The molecule has 0 unspecified atom stereocenters. The first kappa shape index (κ1) is 19.0. The first-order chi connectivity index (χ1) is 11.0. The number of alkyl halides is 3. The molecule has 0 bridgehead atoms. The monoisotopic (exact) mass is 352 g/mol. The van der Waals surface area contributed by atoms with E-state index in [0.29, 0.717) is 13.1 Å². The summed E-state index contributed by atoms with van der Waals surface area (Å²) in [5.41, 5.74) is -3.82. The quantitative estimate of drug-likeness (QED) is 0.442. The predicted molar refractivity (Wildman–Crippen MR) is 78.9 cm³/mol. The number of carbonyl (C=O) groups is 1. The molecule has 4 atom stereocenters. The highest BCUT2D eigenvalue weighted by Crippen LogP contribution is 2.63. The summed E-state index contributed by atoms with van der Waals surface area (Å²) in [6.45, 7) is 4.75. The van der Waals surface area contributed by atoms with Crippen LogP contribution < -0.4 is 0 Å². The van der Waals surface area contributed by atoms with Gasteiger partial charge in [-0.25, -0.2) is 0 Å². The maximum atomic E-state index is 13.6. The molecule has 1 saturated heterocycles. The second kappa shape index (κ2) is 6.16. The molecule has 2 rings (SSSR count). The van der Waals surface area contributed by atoms with Crippen molar-refractivity contribution in [2.75, 3.05) is 19.7 Å². The SMILES string of the molecule is CCOC(=O)[C@H]1[C@H](C(F)(F)F)[C@@](C)([N+](=O)[O-])[C@]1(C)N1CCCCC1. The van der Waals surface area contributed by atoms with Gasteiger partial charge in [0, 0.05) is 11.8 Å². The van der Waals surface area contributed by atoms with E-state index in [9.17, 15) is 28.1 Å². The number of piperidine rings is 1. The van der Waals surface area contributed by atoms with Crippen LogP contribution in [0, 0.1) is 22.0 Å². The Balaban J connectivity index is 2.53. The Morgan fingerprint density at radius 3 is 2.25 bits per heavy atom. The molecule has 1 aliphatic heterocycles. The van der Waals surface area contributed by atoms with E-state index in [1.807, 2.05) is 0 Å². The van der Waals surface area contributed by atoms with Gasteiger partial charge in [0.25, 0.3) is 0 Å². The van der Waals surface area contributed by atoms with Crippen LogP contribution in [0.1, 0.15) is 40.0 Å². The Kier molecular flexibility index (Phi) is 4.87. The Morgan fingerprint density at radius 2 is 1.83 bits per heavy atom. The van der Waals surface area contributed by atoms with Crippen LogP contribution in [0.3, 0.4) is 0 Å². The molecule has 1 aliphatic carbocycles. The molecule has 0 aromatic carbocycles. The number of halogens is 3. The van der Waals surface area contributed by atoms with Crippen molar-refractivity contribution in [1.29, 1.82) is 0 Å². The smallest absolute Gasteiger partial charge is 0.399 e. The van der Waals surface area contributed by atoms with Crippen molar-refractivity contribution in [3.63, 3.8) is 0 Å². The van der Waals surface area contributed by atoms with Crippen molar-refractivity contribution in [3.05, 3.63) is 10.1 Å². The van der Waals surface area contributed by atoms with E-state index in [4.69, 9.17) is 4.74 Å². The van der Waals surface area contributed by atoms with Gasteiger partial charge in [0.2, 0.25) is 5.54 Å². The van der Waals surface area contributed by atoms with E-state index < -0.39 is 40.0 Å². The second-order valence-corrected chi connectivity index (χ2v) is 6.85. The lowest BCUT2D eigenvalue weighted by atomic mass is 9.46. The van der Waals surface area contributed by atoms with E-state index >= 15 is 0 Å². The molecule has 6 nitrogen and oxygen atoms in total. The lowest BCUT2D eigenvalue weighted by molar-refractivity contribution is -0.635. The summed E-state index contributed by atoms with van der Waals surface area (Å²) in [6.07, 6.45) is -2.44. The van der Waals surface area contributed by atoms with Gasteiger partial charge >= 0.3 is 12.1 Å². The maximum absolute atomic E-state index is 13.6. The number of rotatable bonds is 4. The summed E-state index contributed by atoms with van der Waals surface area (Å²) in [7, 11) is 0. The van der Waals surface area contributed by atoms with Gasteiger partial charge in [-0.05, 0) is 39.8 Å². The van der Waals surface area contributed by atoms with Crippen molar-refractivity contribution < 1.29 is 27.6 Å². The second-order valence-electron chi connectivity index (χ2n) is 6.85. The van der Waals surface area contributed by atoms with Crippen LogP contribution >= 0.6 is 0 Å². The predicted octanol–water partition coefficient (Wildman–Crippen LogP) is 2.64. The Morgan fingerprint density at radius 1 is 1.29 bits per heavy atom. The van der Waals surface area contributed by atoms with Gasteiger partial charge in [-0.3, -0.25) is 19.8 Å². The summed E-state index contributed by atoms with van der Waals surface area (Å²) in [4.78, 5) is 24.8. The molecule has 1 saturated carbocycles. The molecule has 0 aromatic heterocycles. The molecule has 9 heteroatoms. The molecular formula is C15H23F3N2O4. The molecule has 1 heterocycles. The van der Waals surface area contributed by atoms with Crippen molar-refractivity contribution in [3.8, 4) is 0 Å². The van der Waals surface area contributed by atoms with Crippen molar-refractivity contribution in [2.45, 2.75) is 57.3 Å². The van der Waals surface area contributed by atoms with Gasteiger partial charge in [0.1, 0.15) is 17.4 Å². The van der Waals surface area contributed by atoms with Crippen molar-refractivity contribution in [1.82, 2.24) is 4.90 Å². The molecular weight excluding hydrogens is 329 g/mol. The standard InChI is InChI=1S/C15H23F3N2O4/c1-4-24-12(21)10-11(15(16,17)18)14(3,20(22)23)13(10,2)19-8-6-5-7-9-19/h10-11H,4-9H2,1-3H3/t10-,11+,13-,14-/m1/s1. The molecule has 0 N–H and O–H groups in total. The zero-order valence-electron chi connectivity index (χ0n) is 14.1. The summed E-state index contributed by atoms with van der Waals surface area (Å²) >= 11 is 0. The van der Waals surface area contributed by atoms with E-state index in [2.05, 4.69) is 0 Å². The normalized spacial score (nSPS) is 37.6. The molecule has 138 valence electrons. The van der Waals surface area contributed by atoms with Crippen molar-refractivity contribution >= 4 is 5.97 Å². The molecule has 24 heavy (non-hydrogen) atoms. The number of likely N-dealkylation sites (tertiary alicyclic amines) is 1. The number of hydrogen-bond donors (Lipinski definition) is 0. The van der Waals surface area contributed by atoms with E-state index in [1.54, 1.807) is 4.90 Å². The van der Waals surface area contributed by atoms with Crippen molar-refractivity contribution in [2.24, 2.45) is 11.8 Å². The topological polar surface area (TPSA) is 72.7 Å². The van der Waals surface area contributed by atoms with E-state index in [1.165, 1.54) is 13.8 Å². The Labute approximate surface area is 138 Å². The average molecular weight is 352 g/mol. The largest absolute Gasteiger partial charge is 0.466 e. The van der Waals surface area contributed by atoms with Gasteiger partial charge in [0.15, 0.2) is 0 Å². The number of hydrogen-bond acceptors (Lipinski definition) is 5. The minimum Gasteiger partial charge on any atom is -0.466 e. The van der Waals surface area contributed by atoms with Gasteiger partial charge < -0.3 is 4.74 Å². The highest BCUT2D eigenvalue weighted by atomic mass is 19.4. The van der Waals surface area contributed by atoms with Gasteiger partial charge in [0.05, 0.1) is 6.61 Å². The summed E-state index contributed by atoms with van der Waals surface area (Å²) in [5.74, 6) is -4.95. The molecule has 2 aliphatic rings. The minimum atomic E-state index is -4.85. The third-order valence-corrected chi connectivity index (χ3v) is 5.85. The summed E-state index contributed by atoms with van der Waals surface area (Å²) < 4.78 is 45.6. The van der Waals surface area contributed by atoms with Crippen LogP contribution in [0.5, 0.6) is 0 Å². The zero-order chi connectivity index (χ0) is 18.3. The molecule has 0 aromatic rings. The molecule has 2 fully saturated rings. The van der Waals surface area contributed by atoms with Crippen LogP contribution in [-0.4, -0.2) is 52.7 Å². The number of nitro groups is 1. The zero-order valence-corrected chi connectivity index (χ0v) is 14.1. The average Bonchev–Trinajstić information content (AvgIpc) is 2.50. The van der Waals surface area contributed by atoms with Crippen LogP contribution in [0.25, 0.3) is 0 Å². The number of carbonyl (C=O) groups excluding carboxylic acids is 1. The van der Waals surface area contributed by atoms with Crippen LogP contribution in [-0.2, 0) is 9.53 Å². The maximum Gasteiger partial charge on any atom is 0.399 e. The number of ether oxygens (including phenoxy) is 1. The number of esters is 1. The Bertz CT molecular complexity index is 521. The summed E-state index contributed by atoms with van der Waals surface area (Å²) in [6, 6.07) is 0. The number of nitrogens with zero attached hydrogens (tertiary/aromatic N) is 2. The van der Waals surface area contributed by atoms with Gasteiger partial charge in [-0.1, -0.05) is 6.42 Å². The van der Waals surface area contributed by atoms with Crippen LogP contribution in [0.4, 0.5) is 13.2 Å². The van der Waals surface area contributed by atoms with Gasteiger partial charge in [-0.15, -0.1) is 0 Å². The highest BCUT2D eigenvalue weighted by molar-refractivity contribution is 5.77. The fourth-order valence-electron chi connectivity index (χ4n) is 4.46. The first-order valence-corrected chi connectivity index (χ1v) is 8.15. The minimum absolute atomic E-state index is 0.0643. The first-order valence-electron chi connectivity index (χ1n) is 8.15. The summed E-state index contributed by atoms with van der Waals surface area (Å²) in [5, 5.41) is 11.7. The fourth-order valence-corrected chi connectivity index (χ4v) is 4.46. The lowest BCUT2D eigenvalue weighted by Crippen LogP contribution is -2.85. The van der Waals surface area contributed by atoms with E-state index in [0.717, 1.165) is 26.2 Å². The van der Waals surface area contributed by atoms with Crippen LogP contribution in [0.15, 0.2) is 0 Å². The van der Waals surface area contributed by atoms with Gasteiger partial charge in [-0.2, -0.15) is 13.2 Å². The fraction of sp³-hybridized carbons (Fsp3) is 0.933. The lowest BCUT2D eigenvalue weighted by Gasteiger charge is -2.63. The third kappa shape index (κ3) is 2.48. The molecule has 0 spiro atoms. The molecule has 0 amide bonds. The van der Waals surface area contributed by atoms with Crippen LogP contribution in [0.2, 0.25) is 0 Å². The Hall–Kier alpha value is -1.38. The highest BCUT2D eigenvalue weighted by Gasteiger charge is 2.86.